The van der Waals surface area contributed by atoms with Crippen LogP contribution in [0, 0.1) is 0 Å². The molecule has 33 heavy (non-hydrogen) atoms. The van der Waals surface area contributed by atoms with Crippen molar-refractivity contribution in [3.8, 4) is 11.3 Å². The van der Waals surface area contributed by atoms with Gasteiger partial charge in [-0.25, -0.2) is 4.98 Å². The van der Waals surface area contributed by atoms with Crippen molar-refractivity contribution in [2.24, 2.45) is 0 Å². The van der Waals surface area contributed by atoms with Gasteiger partial charge in [0, 0.05) is 19.2 Å². The van der Waals surface area contributed by atoms with E-state index in [4.69, 9.17) is 0 Å². The summed E-state index contributed by atoms with van der Waals surface area (Å²) in [6.45, 7) is 0.623. The van der Waals surface area contributed by atoms with Crippen LogP contribution in [-0.4, -0.2) is 56.2 Å². The molecule has 176 valence electrons. The smallest absolute Gasteiger partial charge is 0.344 e. The summed E-state index contributed by atoms with van der Waals surface area (Å²) in [5, 5.41) is 11.0. The fraction of sp³-hybridized carbons (Fsp3) is 0.400. The van der Waals surface area contributed by atoms with Gasteiger partial charge in [-0.05, 0) is 30.5 Å². The number of likely N-dealkylation sites (N-methyl/N-ethyl adjacent to an activating group) is 1. The first-order chi connectivity index (χ1) is 15.4. The highest BCUT2D eigenvalue weighted by Gasteiger charge is 2.35. The van der Waals surface area contributed by atoms with E-state index in [-0.39, 0.29) is 28.6 Å². The van der Waals surface area contributed by atoms with Gasteiger partial charge in [0.05, 0.1) is 23.7 Å². The average molecular weight is 472 g/mol. The van der Waals surface area contributed by atoms with E-state index in [1.54, 1.807) is 11.9 Å². The number of halogens is 6. The fourth-order valence-electron chi connectivity index (χ4n) is 3.81. The first kappa shape index (κ1) is 22.8. The summed E-state index contributed by atoms with van der Waals surface area (Å²) in [7, 11) is 1.67. The van der Waals surface area contributed by atoms with E-state index >= 15 is 0 Å². The number of nitrogens with zero attached hydrogens (tertiary/aromatic N) is 5. The molecule has 3 heterocycles. The molecule has 13 heteroatoms. The van der Waals surface area contributed by atoms with E-state index < -0.39 is 35.9 Å². The molecule has 1 saturated heterocycles. The van der Waals surface area contributed by atoms with Crippen molar-refractivity contribution in [2.75, 3.05) is 18.9 Å². The number of rotatable bonds is 4. The van der Waals surface area contributed by atoms with Crippen molar-refractivity contribution in [3.05, 3.63) is 41.9 Å². The second kappa shape index (κ2) is 8.19. The lowest BCUT2D eigenvalue weighted by Gasteiger charge is -2.29. The Morgan fingerprint density at radius 2 is 1.91 bits per heavy atom. The van der Waals surface area contributed by atoms with Crippen LogP contribution < -0.4 is 5.32 Å². The highest BCUT2D eigenvalue weighted by molar-refractivity contribution is 5.85. The number of aromatic nitrogens is 4. The van der Waals surface area contributed by atoms with Crippen LogP contribution >= 0.6 is 0 Å². The molecule has 0 bridgehead atoms. The van der Waals surface area contributed by atoms with Gasteiger partial charge in [0.2, 0.25) is 11.9 Å². The van der Waals surface area contributed by atoms with Gasteiger partial charge < -0.3 is 10.2 Å². The van der Waals surface area contributed by atoms with Gasteiger partial charge in [0.25, 0.3) is 0 Å². The molecule has 7 nitrogen and oxygen atoms in total. The lowest BCUT2D eigenvalue weighted by atomic mass is 9.98. The summed E-state index contributed by atoms with van der Waals surface area (Å²) in [4.78, 5) is 17.9. The number of piperidine rings is 1. The summed E-state index contributed by atoms with van der Waals surface area (Å²) in [5.41, 5.74) is -1.75. The van der Waals surface area contributed by atoms with E-state index in [0.29, 0.717) is 25.1 Å². The predicted octanol–water partition coefficient (Wildman–Crippen LogP) is 3.95. The Labute approximate surface area is 183 Å². The molecule has 1 atom stereocenters. The van der Waals surface area contributed by atoms with Gasteiger partial charge in [0.15, 0.2) is 0 Å². The molecule has 1 unspecified atom stereocenters. The summed E-state index contributed by atoms with van der Waals surface area (Å²) < 4.78 is 80.1. The molecule has 3 aromatic rings. The van der Waals surface area contributed by atoms with Crippen LogP contribution in [0.1, 0.15) is 24.0 Å². The van der Waals surface area contributed by atoms with Gasteiger partial charge in [-0.1, -0.05) is 6.07 Å². The molecule has 0 radical (unpaired) electrons. The number of amides is 1. The first-order valence-corrected chi connectivity index (χ1v) is 9.91. The number of carbonyl (C=O) groups excluding carboxylic acids is 1. The van der Waals surface area contributed by atoms with E-state index in [1.807, 2.05) is 0 Å². The van der Waals surface area contributed by atoms with Crippen molar-refractivity contribution in [2.45, 2.75) is 37.7 Å². The number of nitrogens with one attached hydrogen (secondary N) is 1. The maximum absolute atomic E-state index is 13.1. The number of benzene rings is 1. The van der Waals surface area contributed by atoms with Crippen molar-refractivity contribution in [1.82, 2.24) is 24.5 Å². The maximum Gasteiger partial charge on any atom is 0.416 e. The number of hydrogen-bond donors (Lipinski definition) is 1. The molecular formula is C20H18F6N6O. The van der Waals surface area contributed by atoms with Crippen LogP contribution in [0.3, 0.4) is 0 Å². The molecule has 2 aromatic heterocycles. The lowest BCUT2D eigenvalue weighted by Crippen LogP contribution is -2.45. The zero-order chi connectivity index (χ0) is 24.0. The Morgan fingerprint density at radius 1 is 1.15 bits per heavy atom. The second-order valence-electron chi connectivity index (χ2n) is 7.78. The van der Waals surface area contributed by atoms with Crippen molar-refractivity contribution in [3.63, 3.8) is 0 Å². The molecule has 4 rings (SSSR count). The van der Waals surface area contributed by atoms with Crippen LogP contribution in [0.2, 0.25) is 0 Å². The van der Waals surface area contributed by atoms with Gasteiger partial charge in [-0.3, -0.25) is 9.20 Å². The van der Waals surface area contributed by atoms with Crippen LogP contribution in [-0.2, 0) is 17.4 Å². The first-order valence-electron chi connectivity index (χ1n) is 9.91. The summed E-state index contributed by atoms with van der Waals surface area (Å²) in [5.74, 6) is -0.000206. The average Bonchev–Trinajstić information content (AvgIpc) is 3.20. The summed E-state index contributed by atoms with van der Waals surface area (Å²) in [6, 6.07) is 1.56. The van der Waals surface area contributed by atoms with Gasteiger partial charge in [-0.15, -0.1) is 10.2 Å². The maximum atomic E-state index is 13.1. The Kier molecular flexibility index (Phi) is 5.66. The molecule has 1 aromatic carbocycles. The molecule has 0 spiro atoms. The Morgan fingerprint density at radius 3 is 2.61 bits per heavy atom. The molecular weight excluding hydrogens is 454 g/mol. The van der Waals surface area contributed by atoms with Crippen molar-refractivity contribution < 1.29 is 31.1 Å². The van der Waals surface area contributed by atoms with Gasteiger partial charge in [0.1, 0.15) is 18.1 Å². The van der Waals surface area contributed by atoms with Crippen LogP contribution in [0.5, 0.6) is 0 Å². The largest absolute Gasteiger partial charge is 0.416 e. The zero-order valence-electron chi connectivity index (χ0n) is 17.2. The van der Waals surface area contributed by atoms with Crippen molar-refractivity contribution >= 4 is 17.4 Å². The molecule has 0 saturated carbocycles. The normalized spacial score (nSPS) is 17.6. The Hall–Kier alpha value is -3.38. The van der Waals surface area contributed by atoms with Gasteiger partial charge >= 0.3 is 12.4 Å². The number of fused-ring (bicyclic) bond motifs is 1. The minimum Gasteiger partial charge on any atom is -0.344 e. The lowest BCUT2D eigenvalue weighted by molar-refractivity contribution is -0.138. The molecule has 1 aliphatic rings. The van der Waals surface area contributed by atoms with E-state index in [0.717, 1.165) is 12.5 Å². The standard InChI is InChI=1S/C20H18F6N6O/c1-31-6-2-3-14(17(31)33)28-18-30-29-16(15-9-27-10-32(15)18)13-5-4-12(20(24,25)26)7-11(13)8-19(21,22)23/h4-5,7,9-10,14H,2-3,6,8H2,1H3,(H,28,30). The number of alkyl halides is 6. The third-order valence-electron chi connectivity index (χ3n) is 5.40. The van der Waals surface area contributed by atoms with E-state index in [1.165, 1.54) is 16.9 Å². The zero-order valence-corrected chi connectivity index (χ0v) is 17.2. The van der Waals surface area contributed by atoms with Gasteiger partial charge in [-0.2, -0.15) is 26.3 Å². The number of likely N-dealkylation sites (tertiary alicyclic amines) is 1. The number of anilines is 1. The monoisotopic (exact) mass is 472 g/mol. The topological polar surface area (TPSA) is 75.4 Å². The summed E-state index contributed by atoms with van der Waals surface area (Å²) in [6.07, 6.45) is -7.14. The predicted molar refractivity (Wildman–Crippen MR) is 105 cm³/mol. The quantitative estimate of drug-likeness (QED) is 0.583. The van der Waals surface area contributed by atoms with E-state index in [2.05, 4.69) is 20.5 Å². The Balaban J connectivity index is 1.77. The highest BCUT2D eigenvalue weighted by Crippen LogP contribution is 2.36. The van der Waals surface area contributed by atoms with Crippen LogP contribution in [0.15, 0.2) is 30.7 Å². The van der Waals surface area contributed by atoms with E-state index in [9.17, 15) is 31.1 Å². The van der Waals surface area contributed by atoms with Crippen LogP contribution in [0.4, 0.5) is 32.3 Å². The number of imidazole rings is 1. The minimum absolute atomic E-state index is 0.0573. The van der Waals surface area contributed by atoms with Crippen molar-refractivity contribution in [1.29, 1.82) is 0 Å². The third-order valence-corrected chi connectivity index (χ3v) is 5.40. The third kappa shape index (κ3) is 4.71. The Bertz CT molecular complexity index is 1190. The highest BCUT2D eigenvalue weighted by atomic mass is 19.4. The van der Waals surface area contributed by atoms with Crippen LogP contribution in [0.25, 0.3) is 16.8 Å². The fourth-order valence-corrected chi connectivity index (χ4v) is 3.81. The molecule has 0 aliphatic carbocycles. The molecule has 1 fully saturated rings. The second-order valence-corrected chi connectivity index (χ2v) is 7.78. The SMILES string of the molecule is CN1CCCC(Nc2nnc(-c3ccc(C(F)(F)F)cc3CC(F)(F)F)c3cncn23)C1=O. The molecule has 1 N–H and O–H groups in total. The molecule has 1 aliphatic heterocycles. The number of hydrogen-bond acceptors (Lipinski definition) is 5. The number of carbonyl (C=O) groups is 1. The molecule has 1 amide bonds. The minimum atomic E-state index is -4.80. The summed E-state index contributed by atoms with van der Waals surface area (Å²) >= 11 is 0.